The SMILES string of the molecule is COC(OC)(C(=O)c1ccc(OCCO)cc1)c1ccc(OCCN=O)cc1. The largest absolute Gasteiger partial charge is 0.492 e. The molecular weight excluding hydrogens is 366 g/mol. The van der Waals surface area contributed by atoms with E-state index in [-0.39, 0.29) is 32.1 Å². The number of hydrogen-bond donors (Lipinski definition) is 1. The number of carbonyl (C=O) groups excluding carboxylic acids is 1. The zero-order chi connectivity index (χ0) is 20.4. The minimum Gasteiger partial charge on any atom is -0.492 e. The van der Waals surface area contributed by atoms with Gasteiger partial charge >= 0.3 is 0 Å². The molecule has 0 saturated carbocycles. The maximum Gasteiger partial charge on any atom is 0.260 e. The number of aliphatic hydroxyl groups excluding tert-OH is 1. The van der Waals surface area contributed by atoms with Crippen molar-refractivity contribution in [1.29, 1.82) is 0 Å². The Kier molecular flexibility index (Phi) is 8.06. The van der Waals surface area contributed by atoms with Gasteiger partial charge in [0.2, 0.25) is 5.78 Å². The lowest BCUT2D eigenvalue weighted by Crippen LogP contribution is -2.40. The third kappa shape index (κ3) is 4.92. The van der Waals surface area contributed by atoms with Crippen LogP contribution in [0.25, 0.3) is 0 Å². The van der Waals surface area contributed by atoms with Crippen LogP contribution in [0.3, 0.4) is 0 Å². The number of benzene rings is 2. The third-order valence-corrected chi connectivity index (χ3v) is 4.04. The van der Waals surface area contributed by atoms with Gasteiger partial charge in [0.15, 0.2) is 0 Å². The summed E-state index contributed by atoms with van der Waals surface area (Å²) in [6, 6.07) is 13.1. The lowest BCUT2D eigenvalue weighted by atomic mass is 9.95. The molecule has 0 spiro atoms. The van der Waals surface area contributed by atoms with E-state index in [9.17, 15) is 9.70 Å². The molecule has 0 aliphatic heterocycles. The Morgan fingerprint density at radius 2 is 1.46 bits per heavy atom. The quantitative estimate of drug-likeness (QED) is 0.257. The van der Waals surface area contributed by atoms with Gasteiger partial charge in [-0.05, 0) is 48.5 Å². The Morgan fingerprint density at radius 1 is 0.929 bits per heavy atom. The topological polar surface area (TPSA) is 104 Å². The van der Waals surface area contributed by atoms with Crippen LogP contribution in [0.1, 0.15) is 15.9 Å². The fourth-order valence-electron chi connectivity index (χ4n) is 2.66. The monoisotopic (exact) mass is 389 g/mol. The molecule has 0 bridgehead atoms. The predicted molar refractivity (Wildman–Crippen MR) is 102 cm³/mol. The number of ether oxygens (including phenoxy) is 4. The highest BCUT2D eigenvalue weighted by molar-refractivity contribution is 6.02. The van der Waals surface area contributed by atoms with Gasteiger partial charge < -0.3 is 24.1 Å². The van der Waals surface area contributed by atoms with Crippen LogP contribution in [0.5, 0.6) is 11.5 Å². The molecular formula is C20H23NO7. The van der Waals surface area contributed by atoms with E-state index in [1.165, 1.54) is 14.2 Å². The second-order valence-corrected chi connectivity index (χ2v) is 5.68. The van der Waals surface area contributed by atoms with Crippen molar-refractivity contribution in [3.05, 3.63) is 64.6 Å². The van der Waals surface area contributed by atoms with Crippen LogP contribution in [0.2, 0.25) is 0 Å². The molecule has 0 aromatic heterocycles. The van der Waals surface area contributed by atoms with Crippen molar-refractivity contribution in [2.24, 2.45) is 5.18 Å². The molecule has 0 aliphatic rings. The number of nitrogens with zero attached hydrogens (tertiary/aromatic N) is 1. The first-order valence-corrected chi connectivity index (χ1v) is 8.62. The lowest BCUT2D eigenvalue weighted by Gasteiger charge is -2.30. The lowest BCUT2D eigenvalue weighted by molar-refractivity contribution is -0.176. The summed E-state index contributed by atoms with van der Waals surface area (Å²) in [5.41, 5.74) is 0.862. The van der Waals surface area contributed by atoms with E-state index >= 15 is 0 Å². The summed E-state index contributed by atoms with van der Waals surface area (Å²) >= 11 is 0. The van der Waals surface area contributed by atoms with Crippen molar-refractivity contribution >= 4 is 5.78 Å². The van der Waals surface area contributed by atoms with E-state index in [0.717, 1.165) is 0 Å². The van der Waals surface area contributed by atoms with Gasteiger partial charge in [-0.3, -0.25) is 4.79 Å². The first-order valence-electron chi connectivity index (χ1n) is 8.62. The number of hydrogen-bond acceptors (Lipinski definition) is 8. The zero-order valence-electron chi connectivity index (χ0n) is 15.8. The molecule has 0 saturated heterocycles. The van der Waals surface area contributed by atoms with Gasteiger partial charge in [-0.25, -0.2) is 0 Å². The highest BCUT2D eigenvalue weighted by Crippen LogP contribution is 2.32. The average Bonchev–Trinajstić information content (AvgIpc) is 2.75. The molecule has 0 aliphatic carbocycles. The number of methoxy groups -OCH3 is 2. The molecule has 1 N–H and O–H groups in total. The Bertz CT molecular complexity index is 755. The van der Waals surface area contributed by atoms with Crippen molar-refractivity contribution < 1.29 is 28.8 Å². The number of nitroso groups, excluding NO2 is 1. The number of carbonyl (C=O) groups is 1. The van der Waals surface area contributed by atoms with Gasteiger partial charge in [0.25, 0.3) is 5.79 Å². The molecule has 0 fully saturated rings. The normalized spacial score (nSPS) is 11.1. The van der Waals surface area contributed by atoms with Gasteiger partial charge in [0, 0.05) is 25.3 Å². The maximum atomic E-state index is 13.1. The molecule has 2 aromatic rings. The van der Waals surface area contributed by atoms with Crippen LogP contribution in [0.15, 0.2) is 53.7 Å². The summed E-state index contributed by atoms with van der Waals surface area (Å²) in [6.45, 7) is 0.303. The standard InChI is InChI=1S/C20H23NO7/c1-25-20(26-2,16-5-9-18(10-6-16)27-13-11-21-24)19(23)15-3-7-17(8-4-15)28-14-12-22/h3-10,22H,11-14H2,1-2H3. The van der Waals surface area contributed by atoms with E-state index in [4.69, 9.17) is 24.1 Å². The number of rotatable bonds is 12. The minimum absolute atomic E-state index is 0.0539. The van der Waals surface area contributed by atoms with Crippen molar-refractivity contribution in [3.63, 3.8) is 0 Å². The van der Waals surface area contributed by atoms with Crippen LogP contribution in [-0.4, -0.2) is 51.5 Å². The Labute approximate surface area is 163 Å². The Morgan fingerprint density at radius 3 is 1.96 bits per heavy atom. The molecule has 0 unspecified atom stereocenters. The van der Waals surface area contributed by atoms with Crippen LogP contribution in [0, 0.1) is 4.91 Å². The fraction of sp³-hybridized carbons (Fsp3) is 0.350. The summed E-state index contributed by atoms with van der Waals surface area (Å²) in [4.78, 5) is 23.3. The molecule has 8 nitrogen and oxygen atoms in total. The summed E-state index contributed by atoms with van der Waals surface area (Å²) in [7, 11) is 2.78. The van der Waals surface area contributed by atoms with Gasteiger partial charge in [0.05, 0.1) is 6.61 Å². The van der Waals surface area contributed by atoms with Crippen LogP contribution in [-0.2, 0) is 15.3 Å². The second kappa shape index (κ2) is 10.5. The van der Waals surface area contributed by atoms with Gasteiger partial charge in [0.1, 0.15) is 31.3 Å². The number of Topliss-reactive ketones (excluding diaryl/α,β-unsaturated/α-hetero) is 1. The van der Waals surface area contributed by atoms with Crippen molar-refractivity contribution in [2.75, 3.05) is 40.6 Å². The van der Waals surface area contributed by atoms with Crippen molar-refractivity contribution in [1.82, 2.24) is 0 Å². The average molecular weight is 389 g/mol. The molecule has 2 aromatic carbocycles. The molecule has 0 atom stereocenters. The molecule has 0 amide bonds. The van der Waals surface area contributed by atoms with E-state index in [0.29, 0.717) is 22.6 Å². The molecule has 0 radical (unpaired) electrons. The molecule has 28 heavy (non-hydrogen) atoms. The first-order chi connectivity index (χ1) is 13.6. The van der Waals surface area contributed by atoms with Gasteiger partial charge in [-0.2, -0.15) is 4.91 Å². The van der Waals surface area contributed by atoms with Gasteiger partial charge in [-0.1, -0.05) is 5.18 Å². The fourth-order valence-corrected chi connectivity index (χ4v) is 2.66. The summed E-state index contributed by atoms with van der Waals surface area (Å²) in [6.07, 6.45) is 0. The first kappa shape index (κ1) is 21.5. The van der Waals surface area contributed by atoms with E-state index < -0.39 is 5.79 Å². The number of aliphatic hydroxyl groups is 1. The van der Waals surface area contributed by atoms with Crippen molar-refractivity contribution in [3.8, 4) is 11.5 Å². The Balaban J connectivity index is 2.24. The van der Waals surface area contributed by atoms with Crippen LogP contribution < -0.4 is 9.47 Å². The van der Waals surface area contributed by atoms with E-state index in [1.807, 2.05) is 0 Å². The molecule has 0 heterocycles. The highest BCUT2D eigenvalue weighted by atomic mass is 16.7. The zero-order valence-corrected chi connectivity index (χ0v) is 15.8. The molecule has 150 valence electrons. The second-order valence-electron chi connectivity index (χ2n) is 5.68. The van der Waals surface area contributed by atoms with Crippen LogP contribution in [0.4, 0.5) is 0 Å². The number of ketones is 1. The van der Waals surface area contributed by atoms with E-state index in [1.54, 1.807) is 48.5 Å². The Hall–Kier alpha value is -2.81. The minimum atomic E-state index is -1.63. The predicted octanol–water partition coefficient (Wildman–Crippen LogP) is 2.53. The maximum absolute atomic E-state index is 13.1. The van der Waals surface area contributed by atoms with Gasteiger partial charge in [-0.15, -0.1) is 0 Å². The van der Waals surface area contributed by atoms with E-state index in [2.05, 4.69) is 5.18 Å². The third-order valence-electron chi connectivity index (χ3n) is 4.04. The summed E-state index contributed by atoms with van der Waals surface area (Å²) < 4.78 is 21.7. The van der Waals surface area contributed by atoms with Crippen molar-refractivity contribution in [2.45, 2.75) is 5.79 Å². The smallest absolute Gasteiger partial charge is 0.260 e. The highest BCUT2D eigenvalue weighted by Gasteiger charge is 2.41. The summed E-state index contributed by atoms with van der Waals surface area (Å²) in [5.74, 6) is -0.940. The molecule has 8 heteroatoms. The summed E-state index contributed by atoms with van der Waals surface area (Å²) in [5, 5.41) is 11.5. The molecule has 2 rings (SSSR count). The van der Waals surface area contributed by atoms with Crippen LogP contribution >= 0.6 is 0 Å².